The van der Waals surface area contributed by atoms with E-state index in [1.165, 1.54) is 12.1 Å². The zero-order chi connectivity index (χ0) is 31.9. The van der Waals surface area contributed by atoms with Gasteiger partial charge < -0.3 is 29.9 Å². The van der Waals surface area contributed by atoms with E-state index >= 15 is 0 Å². The lowest BCUT2D eigenvalue weighted by molar-refractivity contribution is -0.384. The molecule has 5 rings (SSSR count). The average molecular weight is 619 g/mol. The Morgan fingerprint density at radius 3 is 2.31 bits per heavy atom. The van der Waals surface area contributed by atoms with Crippen molar-refractivity contribution < 1.29 is 34.2 Å². The van der Waals surface area contributed by atoms with Crippen LogP contribution in [0.4, 0.5) is 17.1 Å². The van der Waals surface area contributed by atoms with Crippen LogP contribution in [0.3, 0.4) is 0 Å². The Labute approximate surface area is 261 Å². The minimum atomic E-state index is -1.03. The van der Waals surface area contributed by atoms with Crippen LogP contribution in [0.25, 0.3) is 0 Å². The Balaban J connectivity index is 1.30. The smallest absolute Gasteiger partial charge is 0.303 e. The highest BCUT2D eigenvalue weighted by Gasteiger charge is 2.39. The Hall–Kier alpha value is -4.36. The van der Waals surface area contributed by atoms with Gasteiger partial charge in [0.2, 0.25) is 5.91 Å². The van der Waals surface area contributed by atoms with Crippen LogP contribution in [0, 0.1) is 16.0 Å². The molecule has 12 heteroatoms. The van der Waals surface area contributed by atoms with Gasteiger partial charge in [-0.15, -0.1) is 0 Å². The second-order valence-electron chi connectivity index (χ2n) is 11.5. The van der Waals surface area contributed by atoms with Crippen molar-refractivity contribution >= 4 is 28.9 Å². The zero-order valence-electron chi connectivity index (χ0n) is 25.1. The molecule has 2 saturated heterocycles. The number of carbonyl (C=O) groups excluding carboxylic acids is 1. The summed E-state index contributed by atoms with van der Waals surface area (Å²) in [6, 6.07) is 21.5. The minimum absolute atomic E-state index is 0.00664. The van der Waals surface area contributed by atoms with Crippen molar-refractivity contribution in [2.45, 2.75) is 44.9 Å². The molecule has 2 heterocycles. The summed E-state index contributed by atoms with van der Waals surface area (Å²) in [7, 11) is 0. The quantitative estimate of drug-likeness (QED) is 0.207. The fraction of sp³-hybridized carbons (Fsp3) is 0.394. The molecule has 0 spiro atoms. The number of non-ortho nitro benzene ring substituents is 1. The number of carbonyl (C=O) groups is 2. The third-order valence-corrected chi connectivity index (χ3v) is 8.37. The van der Waals surface area contributed by atoms with Crippen LogP contribution in [0.2, 0.25) is 0 Å². The van der Waals surface area contributed by atoms with Crippen molar-refractivity contribution in [3.8, 4) is 0 Å². The molecular weight excluding hydrogens is 580 g/mol. The standard InChI is InChI=1S/C33H38N4O8/c1-22-29(20-35-15-17-36(18-16-35)27-9-11-28(12-10-27)37(42)43)44-33(45-32(22)24-7-5-23(21-38)6-8-24)25-3-2-4-26(19-25)34-30(39)13-14-31(40)41/h2-12,19,22,29,32-33,38H,13-18,20-21H2,1H3,(H,34,39)(H,40,41)/t22-,29+,32+,33+/m0/s1. The summed E-state index contributed by atoms with van der Waals surface area (Å²) in [6.07, 6.45) is -1.58. The molecule has 45 heavy (non-hydrogen) atoms. The van der Waals surface area contributed by atoms with Crippen molar-refractivity contribution in [3.05, 3.63) is 99.6 Å². The number of nitro groups is 1. The number of benzene rings is 3. The van der Waals surface area contributed by atoms with Crippen LogP contribution in [0.5, 0.6) is 0 Å². The molecule has 1 amide bonds. The van der Waals surface area contributed by atoms with Gasteiger partial charge in [-0.1, -0.05) is 43.3 Å². The molecule has 3 aromatic carbocycles. The lowest BCUT2D eigenvalue weighted by Gasteiger charge is -2.44. The second-order valence-corrected chi connectivity index (χ2v) is 11.5. The summed E-state index contributed by atoms with van der Waals surface area (Å²) in [5, 5.41) is 32.2. The van der Waals surface area contributed by atoms with E-state index in [2.05, 4.69) is 22.0 Å². The predicted octanol–water partition coefficient (Wildman–Crippen LogP) is 4.50. The van der Waals surface area contributed by atoms with Crippen LogP contribution in [0.1, 0.15) is 48.8 Å². The number of carboxylic acid groups (broad SMARTS) is 1. The maximum atomic E-state index is 12.3. The number of anilines is 2. The van der Waals surface area contributed by atoms with Crippen LogP contribution in [-0.4, -0.2) is 70.7 Å². The molecule has 0 unspecified atom stereocenters. The molecule has 3 aromatic rings. The number of hydrogen-bond donors (Lipinski definition) is 3. The number of hydrogen-bond acceptors (Lipinski definition) is 9. The van der Waals surface area contributed by atoms with E-state index in [4.69, 9.17) is 14.6 Å². The molecule has 0 aliphatic carbocycles. The normalized spacial score (nSPS) is 22.1. The van der Waals surface area contributed by atoms with Crippen molar-refractivity contribution in [2.75, 3.05) is 42.9 Å². The van der Waals surface area contributed by atoms with E-state index in [9.17, 15) is 24.8 Å². The fourth-order valence-electron chi connectivity index (χ4n) is 5.76. The first-order chi connectivity index (χ1) is 21.7. The molecule has 0 aromatic heterocycles. The van der Waals surface area contributed by atoms with Crippen LogP contribution < -0.4 is 10.2 Å². The van der Waals surface area contributed by atoms with Gasteiger partial charge in [0, 0.05) is 74.1 Å². The van der Waals surface area contributed by atoms with Crippen molar-refractivity contribution in [1.82, 2.24) is 4.90 Å². The molecule has 0 saturated carbocycles. The van der Waals surface area contributed by atoms with E-state index in [1.54, 1.807) is 30.3 Å². The van der Waals surface area contributed by atoms with Crippen LogP contribution >= 0.6 is 0 Å². The van der Waals surface area contributed by atoms with E-state index in [-0.39, 0.29) is 49.2 Å². The summed E-state index contributed by atoms with van der Waals surface area (Å²) in [6.45, 7) is 5.87. The monoisotopic (exact) mass is 618 g/mol. The number of piperazine rings is 1. The molecule has 2 aliphatic heterocycles. The summed E-state index contributed by atoms with van der Waals surface area (Å²) in [5.41, 5.74) is 4.06. The average Bonchev–Trinajstić information content (AvgIpc) is 3.05. The van der Waals surface area contributed by atoms with E-state index in [1.807, 2.05) is 30.3 Å². The molecule has 12 nitrogen and oxygen atoms in total. The minimum Gasteiger partial charge on any atom is -0.481 e. The molecule has 0 radical (unpaired) electrons. The summed E-state index contributed by atoms with van der Waals surface area (Å²) in [5.74, 6) is -1.43. The Kier molecular flexibility index (Phi) is 10.4. The molecule has 2 fully saturated rings. The number of aliphatic hydroxyl groups excluding tert-OH is 1. The van der Waals surface area contributed by atoms with Crippen molar-refractivity contribution in [3.63, 3.8) is 0 Å². The van der Waals surface area contributed by atoms with Gasteiger partial charge in [-0.05, 0) is 35.4 Å². The number of nitro benzene ring substituents is 1. The summed E-state index contributed by atoms with van der Waals surface area (Å²) < 4.78 is 13.2. The second kappa shape index (κ2) is 14.6. The van der Waals surface area contributed by atoms with Gasteiger partial charge in [-0.25, -0.2) is 0 Å². The Morgan fingerprint density at radius 1 is 0.956 bits per heavy atom. The SMILES string of the molecule is C[C@H]1[C@@H](CN2CCN(c3ccc([N+](=O)[O-])cc3)CC2)O[C@@H](c2cccc(NC(=O)CCC(=O)O)c2)O[C@H]1c1ccc(CO)cc1. The summed E-state index contributed by atoms with van der Waals surface area (Å²) >= 11 is 0. The molecule has 238 valence electrons. The van der Waals surface area contributed by atoms with Gasteiger partial charge >= 0.3 is 5.97 Å². The number of nitrogens with one attached hydrogen (secondary N) is 1. The lowest BCUT2D eigenvalue weighted by atomic mass is 9.90. The number of rotatable bonds is 11. The van der Waals surface area contributed by atoms with Crippen molar-refractivity contribution in [1.29, 1.82) is 0 Å². The highest BCUT2D eigenvalue weighted by atomic mass is 16.7. The van der Waals surface area contributed by atoms with Gasteiger partial charge in [0.25, 0.3) is 5.69 Å². The van der Waals surface area contributed by atoms with E-state index < -0.39 is 17.2 Å². The Bertz CT molecular complexity index is 1470. The number of carboxylic acids is 1. The number of aliphatic hydroxyl groups is 1. The van der Waals surface area contributed by atoms with E-state index in [0.29, 0.717) is 12.2 Å². The zero-order valence-corrected chi connectivity index (χ0v) is 25.1. The molecular formula is C33H38N4O8. The van der Waals surface area contributed by atoms with E-state index in [0.717, 1.165) is 48.6 Å². The predicted molar refractivity (Wildman–Crippen MR) is 167 cm³/mol. The number of nitrogens with zero attached hydrogens (tertiary/aromatic N) is 3. The molecule has 0 bridgehead atoms. The van der Waals surface area contributed by atoms with Gasteiger partial charge in [0.1, 0.15) is 0 Å². The molecule has 4 atom stereocenters. The third kappa shape index (κ3) is 8.22. The molecule has 3 N–H and O–H groups in total. The molecule has 2 aliphatic rings. The van der Waals surface area contributed by atoms with Crippen LogP contribution in [-0.2, 0) is 25.7 Å². The van der Waals surface area contributed by atoms with Gasteiger partial charge in [0.15, 0.2) is 6.29 Å². The fourth-order valence-corrected chi connectivity index (χ4v) is 5.76. The largest absolute Gasteiger partial charge is 0.481 e. The number of aliphatic carboxylic acids is 1. The first-order valence-electron chi connectivity index (χ1n) is 15.0. The number of ether oxygens (including phenoxy) is 2. The maximum absolute atomic E-state index is 12.3. The maximum Gasteiger partial charge on any atom is 0.303 e. The highest BCUT2D eigenvalue weighted by molar-refractivity contribution is 5.92. The number of amides is 1. The van der Waals surface area contributed by atoms with Gasteiger partial charge in [0.05, 0.1) is 30.2 Å². The van der Waals surface area contributed by atoms with Crippen LogP contribution in [0.15, 0.2) is 72.8 Å². The third-order valence-electron chi connectivity index (χ3n) is 8.37. The topological polar surface area (TPSA) is 155 Å². The van der Waals surface area contributed by atoms with Gasteiger partial charge in [-0.2, -0.15) is 0 Å². The Morgan fingerprint density at radius 2 is 1.67 bits per heavy atom. The highest BCUT2D eigenvalue weighted by Crippen LogP contribution is 2.42. The summed E-state index contributed by atoms with van der Waals surface area (Å²) in [4.78, 5) is 38.3. The van der Waals surface area contributed by atoms with Crippen molar-refractivity contribution in [2.24, 2.45) is 5.92 Å². The first kappa shape index (κ1) is 32.0. The van der Waals surface area contributed by atoms with Gasteiger partial charge in [-0.3, -0.25) is 24.6 Å². The first-order valence-corrected chi connectivity index (χ1v) is 15.0. The lowest BCUT2D eigenvalue weighted by Crippen LogP contribution is -2.51.